The molecule has 3 aromatic rings. The first-order chi connectivity index (χ1) is 27.4. The Labute approximate surface area is 398 Å². The van der Waals surface area contributed by atoms with E-state index in [9.17, 15) is 33.5 Å². The van der Waals surface area contributed by atoms with Crippen LogP contribution < -0.4 is 89.6 Å². The molecule has 1 aliphatic heterocycles. The molecule has 3 N–H and O–H groups in total. The molecule has 4 rings (SSSR count). The van der Waals surface area contributed by atoms with Gasteiger partial charge in [0.2, 0.25) is 5.91 Å². The number of rotatable bonds is 21. The van der Waals surface area contributed by atoms with Gasteiger partial charge in [-0.1, -0.05) is 107 Å². The number of para-hydroxylation sites is 1. The fraction of sp³-hybridized carbons (Fsp3) is 0.488. The molecule has 1 fully saturated rings. The van der Waals surface area contributed by atoms with E-state index in [2.05, 4.69) is 20.5 Å². The molecule has 60 heavy (non-hydrogen) atoms. The molecule has 0 radical (unpaired) electrons. The van der Waals surface area contributed by atoms with Gasteiger partial charge in [0.05, 0.1) is 26.9 Å². The normalized spacial score (nSPS) is 14.9. The number of carbonyl (C=O) groups is 4. The molecule has 17 heteroatoms. The number of carbonyl (C=O) groups excluding carboxylic acids is 4. The van der Waals surface area contributed by atoms with Crippen molar-refractivity contribution in [2.75, 3.05) is 26.3 Å². The first kappa shape index (κ1) is 53.4. The number of benzene rings is 3. The Bertz CT molecular complexity index is 1860. The van der Waals surface area contributed by atoms with E-state index in [0.29, 0.717) is 31.7 Å². The fourth-order valence-corrected chi connectivity index (χ4v) is 7.64. The van der Waals surface area contributed by atoms with Gasteiger partial charge in [0, 0.05) is 25.6 Å². The molecule has 0 unspecified atom stereocenters. The van der Waals surface area contributed by atoms with Crippen LogP contribution in [0.3, 0.4) is 0 Å². The number of aryl methyl sites for hydroxylation is 2. The monoisotopic (exact) mass is 866 g/mol. The van der Waals surface area contributed by atoms with Gasteiger partial charge < -0.3 is 49.2 Å². The van der Waals surface area contributed by atoms with Crippen molar-refractivity contribution in [2.45, 2.75) is 97.9 Å². The van der Waals surface area contributed by atoms with E-state index in [-0.39, 0.29) is 103 Å². The minimum absolute atomic E-state index is 0. The second-order valence-electron chi connectivity index (χ2n) is 16.1. The Kier molecular flexibility index (Phi) is 22.6. The summed E-state index contributed by atoms with van der Waals surface area (Å²) >= 11 is 0. The van der Waals surface area contributed by atoms with Gasteiger partial charge in [-0.25, -0.2) is 4.79 Å². The zero-order valence-corrected chi connectivity index (χ0v) is 41.1. The molecule has 0 bridgehead atoms. The first-order valence-electron chi connectivity index (χ1n) is 19.7. The van der Waals surface area contributed by atoms with E-state index in [1.807, 2.05) is 107 Å². The van der Waals surface area contributed by atoms with Crippen LogP contribution in [0.1, 0.15) is 69.2 Å². The van der Waals surface area contributed by atoms with Crippen molar-refractivity contribution in [3.63, 3.8) is 0 Å². The van der Waals surface area contributed by atoms with Crippen molar-refractivity contribution in [1.82, 2.24) is 20.9 Å². The maximum atomic E-state index is 14.3. The van der Waals surface area contributed by atoms with Gasteiger partial charge in [-0.3, -0.25) is 14.4 Å². The standard InChI is InChI=1S/C43H59N4O10P.2Na/c1-29(2)39(47-22-14-21-44-42(47)51)41(50)45-34(23-32-17-9-7-10-18-32)25-36(57-38(49)26-43(5,6)28-56-58(52,53)54)35(24-33-19-11-8-12-20-33)46-37(48)27-55-40-30(3)15-13-16-31(40)4;;/h7-13,15-20,29,34-36,39H,14,21-28H2,1-6H3,(H,44,51)(H,45,50)(H,46,48)(H2,52,53,54);;/q;2*+1/p-2/t34-,35-,36-,39-;;/m0../s1. The Morgan fingerprint density at radius 2 is 1.47 bits per heavy atom. The van der Waals surface area contributed by atoms with E-state index in [4.69, 9.17) is 9.47 Å². The van der Waals surface area contributed by atoms with Crippen LogP contribution in [0.4, 0.5) is 4.79 Å². The van der Waals surface area contributed by atoms with Gasteiger partial charge in [0.15, 0.2) is 6.61 Å². The Balaban J connectivity index is 0.00000620. The molecule has 4 amide bonds. The number of hydrogen-bond donors (Lipinski definition) is 3. The zero-order chi connectivity index (χ0) is 42.5. The number of ether oxygens (including phenoxy) is 2. The molecule has 0 aromatic heterocycles. The van der Waals surface area contributed by atoms with Crippen LogP contribution >= 0.6 is 7.82 Å². The van der Waals surface area contributed by atoms with Crippen LogP contribution in [-0.4, -0.2) is 79.2 Å². The van der Waals surface area contributed by atoms with Crippen molar-refractivity contribution < 1.29 is 107 Å². The summed E-state index contributed by atoms with van der Waals surface area (Å²) in [4.78, 5) is 78.9. The number of esters is 1. The Hall–Kier alpha value is -2.75. The topological polar surface area (TPSA) is 198 Å². The number of amides is 4. The minimum Gasteiger partial charge on any atom is -0.790 e. The third-order valence-electron chi connectivity index (χ3n) is 9.91. The number of phosphoric ester groups is 1. The Morgan fingerprint density at radius 3 is 2.02 bits per heavy atom. The van der Waals surface area contributed by atoms with E-state index < -0.39 is 56.0 Å². The van der Waals surface area contributed by atoms with Gasteiger partial charge in [0.25, 0.3) is 5.91 Å². The summed E-state index contributed by atoms with van der Waals surface area (Å²) in [5.74, 6) is -1.24. The van der Waals surface area contributed by atoms with Gasteiger partial charge in [-0.2, -0.15) is 0 Å². The summed E-state index contributed by atoms with van der Waals surface area (Å²) in [5, 5.41) is 9.05. The molecule has 0 spiro atoms. The maximum absolute atomic E-state index is 14.3. The minimum atomic E-state index is -5.32. The number of hydrogen-bond acceptors (Lipinski definition) is 10. The number of urea groups is 1. The van der Waals surface area contributed by atoms with Crippen LogP contribution in [-0.2, 0) is 41.1 Å². The summed E-state index contributed by atoms with van der Waals surface area (Å²) in [7, 11) is -5.32. The third kappa shape index (κ3) is 17.9. The van der Waals surface area contributed by atoms with Crippen LogP contribution in [0.25, 0.3) is 0 Å². The second kappa shape index (κ2) is 25.4. The number of nitrogens with zero attached hydrogens (tertiary/aromatic N) is 1. The summed E-state index contributed by atoms with van der Waals surface area (Å²) in [6.07, 6.45) is -0.119. The maximum Gasteiger partial charge on any atom is 1.00 e. The van der Waals surface area contributed by atoms with Crippen molar-refractivity contribution >= 4 is 31.6 Å². The smallest absolute Gasteiger partial charge is 0.790 e. The van der Waals surface area contributed by atoms with Crippen LogP contribution in [0.5, 0.6) is 5.75 Å². The van der Waals surface area contributed by atoms with Crippen molar-refractivity contribution in [2.24, 2.45) is 11.3 Å². The van der Waals surface area contributed by atoms with E-state index in [0.717, 1.165) is 22.3 Å². The average molecular weight is 867 g/mol. The first-order valence-corrected chi connectivity index (χ1v) is 21.1. The van der Waals surface area contributed by atoms with E-state index in [1.165, 1.54) is 0 Å². The van der Waals surface area contributed by atoms with E-state index in [1.54, 1.807) is 18.7 Å². The molecule has 1 heterocycles. The fourth-order valence-electron chi connectivity index (χ4n) is 7.13. The van der Waals surface area contributed by atoms with Gasteiger partial charge >= 0.3 is 71.1 Å². The quantitative estimate of drug-likeness (QED) is 0.0621. The summed E-state index contributed by atoms with van der Waals surface area (Å²) in [6.45, 7) is 10.7. The zero-order valence-electron chi connectivity index (χ0n) is 36.2. The van der Waals surface area contributed by atoms with Gasteiger partial charge in [-0.05, 0) is 66.7 Å². The third-order valence-corrected chi connectivity index (χ3v) is 10.4. The molecule has 14 nitrogen and oxygen atoms in total. The van der Waals surface area contributed by atoms with Crippen LogP contribution in [0.2, 0.25) is 0 Å². The SMILES string of the molecule is Cc1cccc(C)c1OCC(=O)N[C@@H](Cc1ccccc1)[C@H](C[C@H](Cc1ccccc1)NC(=O)[C@H](C(C)C)N1CCCNC1=O)OC(=O)CC(C)(C)COP(=O)([O-])[O-].[Na+].[Na+]. The molecule has 316 valence electrons. The summed E-state index contributed by atoms with van der Waals surface area (Å²) < 4.78 is 28.0. The molecule has 1 saturated heterocycles. The van der Waals surface area contributed by atoms with Crippen molar-refractivity contribution in [1.29, 1.82) is 0 Å². The number of nitrogens with one attached hydrogen (secondary N) is 3. The molecular weight excluding hydrogens is 809 g/mol. The molecular formula is C43H57N4Na2O10P. The Morgan fingerprint density at radius 1 is 0.883 bits per heavy atom. The van der Waals surface area contributed by atoms with Crippen LogP contribution in [0.15, 0.2) is 78.9 Å². The van der Waals surface area contributed by atoms with E-state index >= 15 is 0 Å². The van der Waals surface area contributed by atoms with Gasteiger partial charge in [0.1, 0.15) is 17.9 Å². The predicted octanol–water partition coefficient (Wildman–Crippen LogP) is -1.85. The van der Waals surface area contributed by atoms with Crippen molar-refractivity contribution in [3.05, 3.63) is 101 Å². The molecule has 3 aromatic carbocycles. The predicted molar refractivity (Wildman–Crippen MR) is 215 cm³/mol. The largest absolute Gasteiger partial charge is 1.00 e. The molecule has 0 aliphatic carbocycles. The van der Waals surface area contributed by atoms with Gasteiger partial charge in [-0.15, -0.1) is 0 Å². The van der Waals surface area contributed by atoms with Crippen molar-refractivity contribution in [3.8, 4) is 5.75 Å². The van der Waals surface area contributed by atoms with Crippen LogP contribution in [0, 0.1) is 25.2 Å². The molecule has 4 atom stereocenters. The summed E-state index contributed by atoms with van der Waals surface area (Å²) in [5.41, 5.74) is 2.32. The average Bonchev–Trinajstić information content (AvgIpc) is 3.14. The second-order valence-corrected chi connectivity index (χ2v) is 17.2. The molecule has 0 saturated carbocycles. The number of phosphoric acid groups is 1. The summed E-state index contributed by atoms with van der Waals surface area (Å²) in [6, 6.07) is 21.9. The molecule has 1 aliphatic rings.